The molecule has 24 heavy (non-hydrogen) atoms. The Kier molecular flexibility index (Phi) is 4.05. The van der Waals surface area contributed by atoms with Gasteiger partial charge in [-0.1, -0.05) is 6.07 Å². The summed E-state index contributed by atoms with van der Waals surface area (Å²) in [4.78, 5) is 26.5. The zero-order valence-electron chi connectivity index (χ0n) is 11.9. The molecule has 6 nitrogen and oxygen atoms in total. The van der Waals surface area contributed by atoms with E-state index >= 15 is 0 Å². The van der Waals surface area contributed by atoms with Crippen LogP contribution in [0.1, 0.15) is 10.5 Å². The van der Waals surface area contributed by atoms with Gasteiger partial charge in [-0.3, -0.25) is 9.78 Å². The largest absolute Gasteiger partial charge is 0.304 e. The molecule has 0 fully saturated rings. The molecule has 0 saturated carbocycles. The zero-order valence-corrected chi connectivity index (χ0v) is 15.2. The Morgan fingerprint density at radius 3 is 2.88 bits per heavy atom. The van der Waals surface area contributed by atoms with Crippen molar-refractivity contribution in [3.63, 3.8) is 0 Å². The maximum Gasteiger partial charge on any atom is 0.277 e. The van der Waals surface area contributed by atoms with Crippen molar-refractivity contribution in [1.29, 1.82) is 0 Å². The average Bonchev–Trinajstić information content (AvgIpc) is 3.24. The second-order valence-electron chi connectivity index (χ2n) is 4.72. The van der Waals surface area contributed by atoms with E-state index in [1.807, 2.05) is 29.6 Å². The van der Waals surface area contributed by atoms with Gasteiger partial charge in [0.25, 0.3) is 5.91 Å². The maximum atomic E-state index is 12.4. The summed E-state index contributed by atoms with van der Waals surface area (Å²) < 4.78 is 4.75. The van der Waals surface area contributed by atoms with Crippen LogP contribution in [0.4, 0.5) is 5.82 Å². The third-order valence-corrected chi connectivity index (χ3v) is 5.54. The first-order chi connectivity index (χ1) is 11.7. The second kappa shape index (κ2) is 6.34. The number of rotatable bonds is 3. The number of anilines is 1. The summed E-state index contributed by atoms with van der Waals surface area (Å²) in [5, 5.41) is 7.29. The van der Waals surface area contributed by atoms with Gasteiger partial charge in [0, 0.05) is 11.6 Å². The lowest BCUT2D eigenvalue weighted by Gasteiger charge is -2.07. The van der Waals surface area contributed by atoms with Gasteiger partial charge < -0.3 is 5.32 Å². The van der Waals surface area contributed by atoms with Crippen LogP contribution in [0.2, 0.25) is 0 Å². The maximum absolute atomic E-state index is 12.4. The average molecular weight is 418 g/mol. The van der Waals surface area contributed by atoms with Crippen molar-refractivity contribution in [3.8, 4) is 11.5 Å². The van der Waals surface area contributed by atoms with Crippen LogP contribution in [0.25, 0.3) is 21.7 Å². The monoisotopic (exact) mass is 417 g/mol. The van der Waals surface area contributed by atoms with Gasteiger partial charge in [0.2, 0.25) is 0 Å². The Morgan fingerprint density at radius 1 is 1.21 bits per heavy atom. The molecule has 0 atom stereocenters. The number of hydrogen-bond donors (Lipinski definition) is 1. The molecule has 0 saturated heterocycles. The van der Waals surface area contributed by atoms with E-state index in [0.717, 1.165) is 10.2 Å². The number of pyridine rings is 1. The number of fused-ring (bicyclic) bond motifs is 1. The number of nitrogens with zero attached hydrogens (tertiary/aromatic N) is 4. The van der Waals surface area contributed by atoms with E-state index in [0.29, 0.717) is 27.5 Å². The van der Waals surface area contributed by atoms with E-state index in [1.165, 1.54) is 22.9 Å². The fraction of sp³-hybridized carbons (Fsp3) is 0. The molecule has 0 unspecified atom stereocenters. The van der Waals surface area contributed by atoms with E-state index in [1.54, 1.807) is 11.6 Å². The third kappa shape index (κ3) is 2.81. The third-order valence-electron chi connectivity index (χ3n) is 3.19. The lowest BCUT2D eigenvalue weighted by atomic mass is 10.3. The highest BCUT2D eigenvalue weighted by Gasteiger charge is 2.17. The van der Waals surface area contributed by atoms with E-state index < -0.39 is 0 Å². The van der Waals surface area contributed by atoms with Gasteiger partial charge >= 0.3 is 0 Å². The van der Waals surface area contributed by atoms with Gasteiger partial charge in [0.1, 0.15) is 16.3 Å². The van der Waals surface area contributed by atoms with Gasteiger partial charge in [0.15, 0.2) is 11.5 Å². The van der Waals surface area contributed by atoms with Gasteiger partial charge in [-0.2, -0.15) is 4.37 Å². The van der Waals surface area contributed by atoms with Gasteiger partial charge in [-0.25, -0.2) is 9.97 Å². The van der Waals surface area contributed by atoms with Crippen molar-refractivity contribution in [3.05, 3.63) is 51.4 Å². The molecule has 118 valence electrons. The molecule has 0 radical (unpaired) electrons. The molecule has 0 bridgehead atoms. The summed E-state index contributed by atoms with van der Waals surface area (Å²) >= 11 is 6.02. The van der Waals surface area contributed by atoms with E-state index in [9.17, 15) is 4.79 Å². The summed E-state index contributed by atoms with van der Waals surface area (Å²) in [5.74, 6) is 0.603. The molecule has 4 aromatic heterocycles. The summed E-state index contributed by atoms with van der Waals surface area (Å²) in [5.41, 5.74) is 0.986. The number of carbonyl (C=O) groups excluding carboxylic acids is 1. The Bertz CT molecular complexity index is 1030. The standard InChI is InChI=1S/C15H8BrN5OS2/c16-9-7-24-21-11(9)14(22)19-12-8-4-6-23-15(8)20-13(18-12)10-3-1-2-5-17-10/h1-7H,(H,18,19,20,22). The van der Waals surface area contributed by atoms with Crippen LogP contribution in [-0.2, 0) is 0 Å². The van der Waals surface area contributed by atoms with E-state index in [2.05, 4.69) is 40.6 Å². The van der Waals surface area contributed by atoms with Crippen molar-refractivity contribution < 1.29 is 4.79 Å². The van der Waals surface area contributed by atoms with Crippen molar-refractivity contribution in [2.45, 2.75) is 0 Å². The summed E-state index contributed by atoms with van der Waals surface area (Å²) in [6.07, 6.45) is 1.68. The SMILES string of the molecule is O=C(Nc1nc(-c2ccccn2)nc2sccc12)c1nscc1Br. The molecule has 4 heterocycles. The summed E-state index contributed by atoms with van der Waals surface area (Å²) in [6.45, 7) is 0. The molecule has 9 heteroatoms. The topological polar surface area (TPSA) is 80.7 Å². The van der Waals surface area contributed by atoms with Crippen LogP contribution in [-0.4, -0.2) is 25.2 Å². The second-order valence-corrected chi connectivity index (χ2v) is 7.09. The Morgan fingerprint density at radius 2 is 2.12 bits per heavy atom. The molecule has 0 aliphatic carbocycles. The van der Waals surface area contributed by atoms with Crippen LogP contribution in [0, 0.1) is 0 Å². The lowest BCUT2D eigenvalue weighted by Crippen LogP contribution is -2.14. The molecule has 0 aromatic carbocycles. The lowest BCUT2D eigenvalue weighted by molar-refractivity contribution is 0.102. The summed E-state index contributed by atoms with van der Waals surface area (Å²) in [6, 6.07) is 7.41. The minimum absolute atomic E-state index is 0.318. The quantitative estimate of drug-likeness (QED) is 0.539. The molecular formula is C15H8BrN5OS2. The highest BCUT2D eigenvalue weighted by Crippen LogP contribution is 2.28. The first-order valence-electron chi connectivity index (χ1n) is 6.80. The highest BCUT2D eigenvalue weighted by atomic mass is 79.9. The predicted octanol–water partition coefficient (Wildman–Crippen LogP) is 4.22. The molecule has 4 rings (SSSR count). The van der Waals surface area contributed by atoms with Gasteiger partial charge in [-0.05, 0) is 51.0 Å². The number of halogens is 1. The zero-order chi connectivity index (χ0) is 16.5. The predicted molar refractivity (Wildman–Crippen MR) is 98.4 cm³/mol. The Labute approximate surface area is 152 Å². The van der Waals surface area contributed by atoms with E-state index in [4.69, 9.17) is 0 Å². The van der Waals surface area contributed by atoms with E-state index in [-0.39, 0.29) is 5.91 Å². The molecule has 1 N–H and O–H groups in total. The van der Waals surface area contributed by atoms with Crippen molar-refractivity contribution in [1.82, 2.24) is 19.3 Å². The number of nitrogens with one attached hydrogen (secondary N) is 1. The number of amides is 1. The first kappa shape index (κ1) is 15.3. The first-order valence-corrected chi connectivity index (χ1v) is 9.31. The van der Waals surface area contributed by atoms with Crippen LogP contribution in [0.5, 0.6) is 0 Å². The molecule has 1 amide bonds. The normalized spacial score (nSPS) is 10.9. The number of carbonyl (C=O) groups is 1. The van der Waals surface area contributed by atoms with Gasteiger partial charge in [-0.15, -0.1) is 11.3 Å². The highest BCUT2D eigenvalue weighted by molar-refractivity contribution is 9.10. The van der Waals surface area contributed by atoms with Crippen LogP contribution in [0.3, 0.4) is 0 Å². The summed E-state index contributed by atoms with van der Waals surface area (Å²) in [7, 11) is 0. The fourth-order valence-corrected chi connectivity index (χ4v) is 4.05. The molecule has 0 aliphatic heterocycles. The van der Waals surface area contributed by atoms with Crippen molar-refractivity contribution in [2.24, 2.45) is 0 Å². The van der Waals surface area contributed by atoms with Crippen LogP contribution in [0.15, 0.2) is 45.7 Å². The molecule has 0 aliphatic rings. The minimum atomic E-state index is -0.318. The Balaban J connectivity index is 1.78. The number of aromatic nitrogens is 4. The minimum Gasteiger partial charge on any atom is -0.304 e. The number of thiophene rings is 1. The number of hydrogen-bond acceptors (Lipinski definition) is 7. The smallest absolute Gasteiger partial charge is 0.277 e. The fourth-order valence-electron chi connectivity index (χ4n) is 2.10. The Hall–Kier alpha value is -2.23. The molecular weight excluding hydrogens is 410 g/mol. The van der Waals surface area contributed by atoms with Crippen LogP contribution < -0.4 is 5.32 Å². The molecule has 0 spiro atoms. The van der Waals surface area contributed by atoms with Crippen molar-refractivity contribution >= 4 is 60.7 Å². The molecule has 4 aromatic rings. The van der Waals surface area contributed by atoms with Crippen LogP contribution >= 0.6 is 38.8 Å². The van der Waals surface area contributed by atoms with Gasteiger partial charge in [0.05, 0.1) is 9.86 Å². The van der Waals surface area contributed by atoms with Crippen molar-refractivity contribution in [2.75, 3.05) is 5.32 Å².